The average molecular weight is 397 g/mol. The van der Waals surface area contributed by atoms with Crippen LogP contribution in [-0.2, 0) is 13.2 Å². The highest BCUT2D eigenvalue weighted by Crippen LogP contribution is 2.28. The summed E-state index contributed by atoms with van der Waals surface area (Å²) in [6, 6.07) is 9.36. The van der Waals surface area contributed by atoms with Crippen LogP contribution in [-0.4, -0.2) is 38.7 Å². The molecule has 8 heteroatoms. The number of carbonyl (C=O) groups excluding carboxylic acids is 1. The second kappa shape index (κ2) is 9.27. The molecular weight excluding hydrogens is 370 g/mol. The summed E-state index contributed by atoms with van der Waals surface area (Å²) < 4.78 is 14.7. The molecule has 1 amide bonds. The van der Waals surface area contributed by atoms with E-state index >= 15 is 0 Å². The van der Waals surface area contributed by atoms with Gasteiger partial charge < -0.3 is 14.8 Å². The minimum atomic E-state index is -0.232. The fraction of sp³-hybridized carbons (Fsp3) is 0.381. The van der Waals surface area contributed by atoms with Gasteiger partial charge in [0.1, 0.15) is 12.4 Å². The van der Waals surface area contributed by atoms with Crippen LogP contribution in [0.3, 0.4) is 0 Å². The molecule has 0 atom stereocenters. The largest absolute Gasteiger partial charge is 0.490 e. The van der Waals surface area contributed by atoms with Gasteiger partial charge in [-0.25, -0.2) is 4.68 Å². The molecule has 0 aliphatic carbocycles. The quantitative estimate of drug-likeness (QED) is 0.600. The van der Waals surface area contributed by atoms with Gasteiger partial charge in [0.2, 0.25) is 0 Å². The lowest BCUT2D eigenvalue weighted by Gasteiger charge is -2.12. The topological polar surface area (TPSA) is 83.2 Å². The minimum absolute atomic E-state index is 0.232. The van der Waals surface area contributed by atoms with Crippen LogP contribution in [0.15, 0.2) is 36.5 Å². The Morgan fingerprint density at radius 3 is 2.48 bits per heavy atom. The summed E-state index contributed by atoms with van der Waals surface area (Å²) in [4.78, 5) is 12.5. The lowest BCUT2D eigenvalue weighted by Crippen LogP contribution is -2.23. The monoisotopic (exact) mass is 397 g/mol. The van der Waals surface area contributed by atoms with Crippen LogP contribution >= 0.6 is 0 Å². The van der Waals surface area contributed by atoms with Gasteiger partial charge in [0, 0.05) is 18.4 Å². The molecule has 0 fully saturated rings. The summed E-state index contributed by atoms with van der Waals surface area (Å²) in [6.07, 6.45) is 1.77. The van der Waals surface area contributed by atoms with E-state index in [1.165, 1.54) is 0 Å². The maximum Gasteiger partial charge on any atom is 0.272 e. The molecule has 3 rings (SSSR count). The Balaban J connectivity index is 1.61. The molecule has 2 heterocycles. The third-order valence-electron chi connectivity index (χ3n) is 4.32. The predicted molar refractivity (Wildman–Crippen MR) is 109 cm³/mol. The van der Waals surface area contributed by atoms with Gasteiger partial charge in [-0.3, -0.25) is 9.48 Å². The first-order valence-corrected chi connectivity index (χ1v) is 9.71. The molecule has 0 aliphatic rings. The van der Waals surface area contributed by atoms with Crippen molar-refractivity contribution in [1.29, 1.82) is 0 Å². The number of aromatic nitrogens is 4. The van der Waals surface area contributed by atoms with Crippen molar-refractivity contribution in [3.8, 4) is 11.5 Å². The molecule has 8 nitrogen and oxygen atoms in total. The summed E-state index contributed by atoms with van der Waals surface area (Å²) in [5.41, 5.74) is 3.29. The van der Waals surface area contributed by atoms with Gasteiger partial charge in [-0.1, -0.05) is 6.07 Å². The average Bonchev–Trinajstić information content (AvgIpc) is 3.28. The third-order valence-corrected chi connectivity index (χ3v) is 4.32. The summed E-state index contributed by atoms with van der Waals surface area (Å²) >= 11 is 0. The van der Waals surface area contributed by atoms with E-state index in [4.69, 9.17) is 9.47 Å². The number of ether oxygens (including phenoxy) is 2. The number of nitrogens with one attached hydrogen (secondary N) is 1. The SMILES string of the molecule is CCOc1ccc(CNC(=O)c2ccn(Cn3nc(C)cc3C)n2)cc1OCC. The number of benzene rings is 1. The second-order valence-corrected chi connectivity index (χ2v) is 6.64. The Bertz CT molecular complexity index is 977. The highest BCUT2D eigenvalue weighted by Gasteiger charge is 2.12. The van der Waals surface area contributed by atoms with Gasteiger partial charge in [0.25, 0.3) is 5.91 Å². The van der Waals surface area contributed by atoms with Crippen LogP contribution in [0.2, 0.25) is 0 Å². The number of rotatable bonds is 9. The predicted octanol–water partition coefficient (Wildman–Crippen LogP) is 2.93. The van der Waals surface area contributed by atoms with E-state index in [9.17, 15) is 4.79 Å². The smallest absolute Gasteiger partial charge is 0.272 e. The zero-order valence-electron chi connectivity index (χ0n) is 17.3. The van der Waals surface area contributed by atoms with E-state index in [2.05, 4.69) is 15.5 Å². The Kier molecular flexibility index (Phi) is 6.54. The van der Waals surface area contributed by atoms with Crippen LogP contribution in [0.4, 0.5) is 0 Å². The van der Waals surface area contributed by atoms with Crippen molar-refractivity contribution in [3.63, 3.8) is 0 Å². The molecule has 3 aromatic rings. The van der Waals surface area contributed by atoms with Crippen LogP contribution in [0.1, 0.15) is 41.3 Å². The van der Waals surface area contributed by atoms with E-state index in [0.29, 0.717) is 43.6 Å². The minimum Gasteiger partial charge on any atom is -0.490 e. The van der Waals surface area contributed by atoms with Crippen molar-refractivity contribution in [2.24, 2.45) is 0 Å². The van der Waals surface area contributed by atoms with E-state index in [1.54, 1.807) is 16.9 Å². The maximum atomic E-state index is 12.5. The molecule has 2 aromatic heterocycles. The van der Waals surface area contributed by atoms with Crippen LogP contribution in [0, 0.1) is 13.8 Å². The number of amides is 1. The van der Waals surface area contributed by atoms with Crippen LogP contribution in [0.5, 0.6) is 11.5 Å². The molecule has 0 spiro atoms. The lowest BCUT2D eigenvalue weighted by molar-refractivity contribution is 0.0945. The lowest BCUT2D eigenvalue weighted by atomic mass is 10.2. The number of aryl methyl sites for hydroxylation is 2. The molecule has 0 saturated carbocycles. The molecule has 0 radical (unpaired) electrons. The maximum absolute atomic E-state index is 12.5. The summed E-state index contributed by atoms with van der Waals surface area (Å²) in [7, 11) is 0. The van der Waals surface area contributed by atoms with E-state index < -0.39 is 0 Å². The van der Waals surface area contributed by atoms with Gasteiger partial charge in [0.05, 0.1) is 18.9 Å². The van der Waals surface area contributed by atoms with Crippen molar-refractivity contribution < 1.29 is 14.3 Å². The highest BCUT2D eigenvalue weighted by atomic mass is 16.5. The molecule has 0 saturated heterocycles. The fourth-order valence-electron chi connectivity index (χ4n) is 3.00. The van der Waals surface area contributed by atoms with Gasteiger partial charge in [-0.05, 0) is 57.5 Å². The first-order valence-electron chi connectivity index (χ1n) is 9.71. The highest BCUT2D eigenvalue weighted by molar-refractivity contribution is 5.92. The summed E-state index contributed by atoms with van der Waals surface area (Å²) in [5, 5.41) is 11.7. The van der Waals surface area contributed by atoms with Gasteiger partial charge in [0.15, 0.2) is 11.5 Å². The van der Waals surface area contributed by atoms with Crippen LogP contribution in [0.25, 0.3) is 0 Å². The molecule has 29 heavy (non-hydrogen) atoms. The number of hydrogen-bond acceptors (Lipinski definition) is 5. The second-order valence-electron chi connectivity index (χ2n) is 6.64. The van der Waals surface area contributed by atoms with E-state index in [0.717, 1.165) is 17.0 Å². The molecule has 154 valence electrons. The molecular formula is C21H27N5O3. The molecule has 0 unspecified atom stereocenters. The van der Waals surface area contributed by atoms with Crippen molar-refractivity contribution in [1.82, 2.24) is 24.9 Å². The van der Waals surface area contributed by atoms with Crippen molar-refractivity contribution >= 4 is 5.91 Å². The standard InChI is InChI=1S/C21H27N5O3/c1-5-28-19-8-7-17(12-20(19)29-6-2)13-22-21(27)18-9-10-25(24-18)14-26-16(4)11-15(3)23-26/h7-12H,5-6,13-14H2,1-4H3,(H,22,27). The van der Waals surface area contributed by atoms with Crippen molar-refractivity contribution in [2.45, 2.75) is 40.9 Å². The first-order chi connectivity index (χ1) is 14.0. The van der Waals surface area contributed by atoms with Gasteiger partial charge >= 0.3 is 0 Å². The van der Waals surface area contributed by atoms with E-state index in [1.807, 2.05) is 56.6 Å². The zero-order valence-corrected chi connectivity index (χ0v) is 17.3. The normalized spacial score (nSPS) is 10.8. The Morgan fingerprint density at radius 1 is 1.03 bits per heavy atom. The van der Waals surface area contributed by atoms with Gasteiger partial charge in [-0.2, -0.15) is 10.2 Å². The Morgan fingerprint density at radius 2 is 1.79 bits per heavy atom. The Hall–Kier alpha value is -3.29. The molecule has 0 bridgehead atoms. The summed E-state index contributed by atoms with van der Waals surface area (Å²) in [6.45, 7) is 9.73. The van der Waals surface area contributed by atoms with Crippen molar-refractivity contribution in [2.75, 3.05) is 13.2 Å². The number of hydrogen-bond donors (Lipinski definition) is 1. The van der Waals surface area contributed by atoms with Crippen LogP contribution < -0.4 is 14.8 Å². The number of carbonyl (C=O) groups is 1. The van der Waals surface area contributed by atoms with Crippen molar-refractivity contribution in [3.05, 3.63) is 59.2 Å². The fourth-order valence-corrected chi connectivity index (χ4v) is 3.00. The van der Waals surface area contributed by atoms with E-state index in [-0.39, 0.29) is 5.91 Å². The first kappa shape index (κ1) is 20.4. The molecule has 1 aromatic carbocycles. The number of nitrogens with zero attached hydrogens (tertiary/aromatic N) is 4. The van der Waals surface area contributed by atoms with Gasteiger partial charge in [-0.15, -0.1) is 0 Å². The molecule has 0 aliphatic heterocycles. The molecule has 1 N–H and O–H groups in total. The zero-order chi connectivity index (χ0) is 20.8. The third kappa shape index (κ3) is 5.16. The summed E-state index contributed by atoms with van der Waals surface area (Å²) in [5.74, 6) is 1.14. The Labute approximate surface area is 170 Å².